The van der Waals surface area contributed by atoms with E-state index in [1.165, 1.54) is 16.9 Å². The highest BCUT2D eigenvalue weighted by Crippen LogP contribution is 2.31. The predicted octanol–water partition coefficient (Wildman–Crippen LogP) is 2.61. The summed E-state index contributed by atoms with van der Waals surface area (Å²) >= 11 is 3.40. The number of nitrogens with zero attached hydrogens (tertiary/aromatic N) is 3. The molecule has 22 heavy (non-hydrogen) atoms. The van der Waals surface area contributed by atoms with Crippen molar-refractivity contribution in [2.75, 3.05) is 32.7 Å². The Morgan fingerprint density at radius 2 is 2.05 bits per heavy atom. The number of amides is 1. The van der Waals surface area contributed by atoms with Crippen LogP contribution in [-0.4, -0.2) is 53.6 Å². The molecule has 2 aliphatic heterocycles. The fourth-order valence-electron chi connectivity index (χ4n) is 3.19. The molecule has 3 heterocycles. The first-order valence-corrected chi connectivity index (χ1v) is 9.53. The molecule has 3 aliphatic rings. The molecular weight excluding hydrogens is 314 g/mol. The second kappa shape index (κ2) is 6.08. The Balaban J connectivity index is 1.38. The number of thiophene rings is 1. The van der Waals surface area contributed by atoms with Gasteiger partial charge in [0.25, 0.3) is 5.91 Å². The lowest BCUT2D eigenvalue weighted by atomic mass is 10.2. The highest BCUT2D eigenvalue weighted by Gasteiger charge is 2.26. The van der Waals surface area contributed by atoms with Gasteiger partial charge in [0.05, 0.1) is 11.4 Å². The monoisotopic (exact) mass is 333 g/mol. The van der Waals surface area contributed by atoms with Gasteiger partial charge in [-0.2, -0.15) is 0 Å². The van der Waals surface area contributed by atoms with Crippen LogP contribution < -0.4 is 0 Å². The van der Waals surface area contributed by atoms with Gasteiger partial charge in [0.15, 0.2) is 5.17 Å². The van der Waals surface area contributed by atoms with Crippen LogP contribution in [0, 0.1) is 0 Å². The lowest BCUT2D eigenvalue weighted by molar-refractivity contribution is 0.0698. The first-order valence-electron chi connectivity index (χ1n) is 7.83. The average Bonchev–Trinajstić information content (AvgIpc) is 3.17. The molecule has 0 atom stereocenters. The minimum Gasteiger partial charge on any atom is -0.348 e. The minimum absolute atomic E-state index is 0.220. The molecule has 0 unspecified atom stereocenters. The lowest BCUT2D eigenvalue weighted by Crippen LogP contribution is -2.50. The van der Waals surface area contributed by atoms with Gasteiger partial charge in [-0.1, -0.05) is 17.8 Å². The largest absolute Gasteiger partial charge is 0.348 e. The Hall–Kier alpha value is -1.27. The molecule has 1 fully saturated rings. The first-order chi connectivity index (χ1) is 10.8. The maximum absolute atomic E-state index is 12.7. The predicted molar refractivity (Wildman–Crippen MR) is 92.9 cm³/mol. The van der Waals surface area contributed by atoms with Crippen LogP contribution >= 0.6 is 23.1 Å². The van der Waals surface area contributed by atoms with Gasteiger partial charge in [0.1, 0.15) is 0 Å². The maximum Gasteiger partial charge on any atom is 0.264 e. The number of rotatable bonds is 1. The Morgan fingerprint density at radius 1 is 1.18 bits per heavy atom. The summed E-state index contributed by atoms with van der Waals surface area (Å²) in [5.74, 6) is 0.220. The number of aryl methyl sites for hydroxylation is 2. The third kappa shape index (κ3) is 2.70. The Bertz CT molecular complexity index is 620. The molecule has 116 valence electrons. The minimum atomic E-state index is 0.220. The molecule has 4 nitrogen and oxygen atoms in total. The molecule has 0 spiro atoms. The van der Waals surface area contributed by atoms with Crippen LogP contribution in [0.2, 0.25) is 0 Å². The van der Waals surface area contributed by atoms with Crippen LogP contribution in [0.4, 0.5) is 0 Å². The summed E-state index contributed by atoms with van der Waals surface area (Å²) in [7, 11) is 0. The number of carbonyl (C=O) groups is 1. The van der Waals surface area contributed by atoms with Crippen molar-refractivity contribution in [3.8, 4) is 0 Å². The number of thioether (sulfide) groups is 1. The maximum atomic E-state index is 12.7. The fraction of sp³-hybridized carbons (Fsp3) is 0.500. The molecule has 4 rings (SSSR count). The quantitative estimate of drug-likeness (QED) is 0.792. The third-order valence-electron chi connectivity index (χ3n) is 4.40. The molecular formula is C16H19N3OS2. The van der Waals surface area contributed by atoms with Crippen molar-refractivity contribution in [3.05, 3.63) is 32.9 Å². The normalized spacial score (nSPS) is 21.0. The molecule has 0 saturated carbocycles. The molecule has 0 bridgehead atoms. The zero-order valence-corrected chi connectivity index (χ0v) is 14.1. The highest BCUT2D eigenvalue weighted by molar-refractivity contribution is 8.16. The molecule has 6 heteroatoms. The summed E-state index contributed by atoms with van der Waals surface area (Å²) in [4.78, 5) is 23.9. The second-order valence-corrected chi connectivity index (χ2v) is 7.81. The molecule has 1 saturated heterocycles. The van der Waals surface area contributed by atoms with Crippen molar-refractivity contribution in [1.29, 1.82) is 0 Å². The van der Waals surface area contributed by atoms with E-state index >= 15 is 0 Å². The van der Waals surface area contributed by atoms with E-state index in [-0.39, 0.29) is 5.91 Å². The summed E-state index contributed by atoms with van der Waals surface area (Å²) in [5, 5.41) is 3.21. The SMILES string of the molecule is O=C(c1cc2c(s1)CCC2)N1CCN(C2=NCC=CS2)CC1. The molecule has 0 aromatic carbocycles. The molecule has 1 aromatic heterocycles. The van der Waals surface area contributed by atoms with Crippen molar-refractivity contribution in [2.24, 2.45) is 4.99 Å². The summed E-state index contributed by atoms with van der Waals surface area (Å²) in [6, 6.07) is 2.13. The van der Waals surface area contributed by atoms with E-state index in [9.17, 15) is 4.79 Å². The standard InChI is InChI=1S/C16H19N3OS2/c20-15(14-11-12-3-1-4-13(12)22-14)18-6-8-19(9-7-18)16-17-5-2-10-21-16/h2,10-11H,1,3-9H2. The van der Waals surface area contributed by atoms with Crippen molar-refractivity contribution < 1.29 is 4.79 Å². The van der Waals surface area contributed by atoms with Gasteiger partial charge in [-0.3, -0.25) is 9.79 Å². The van der Waals surface area contributed by atoms with Gasteiger partial charge in [-0.15, -0.1) is 11.3 Å². The molecule has 0 N–H and O–H groups in total. The van der Waals surface area contributed by atoms with Crippen LogP contribution in [0.5, 0.6) is 0 Å². The molecule has 1 amide bonds. The van der Waals surface area contributed by atoms with Crippen LogP contribution in [0.1, 0.15) is 26.5 Å². The van der Waals surface area contributed by atoms with Gasteiger partial charge >= 0.3 is 0 Å². The molecule has 1 aliphatic carbocycles. The number of aliphatic imine (C=N–C) groups is 1. The summed E-state index contributed by atoms with van der Waals surface area (Å²) in [5.41, 5.74) is 1.41. The average molecular weight is 333 g/mol. The molecule has 1 aromatic rings. The number of piperazine rings is 1. The van der Waals surface area contributed by atoms with E-state index in [0.717, 1.165) is 55.6 Å². The van der Waals surface area contributed by atoms with Gasteiger partial charge < -0.3 is 9.80 Å². The Morgan fingerprint density at radius 3 is 2.77 bits per heavy atom. The van der Waals surface area contributed by atoms with Crippen molar-refractivity contribution in [3.63, 3.8) is 0 Å². The van der Waals surface area contributed by atoms with Crippen LogP contribution in [0.3, 0.4) is 0 Å². The van der Waals surface area contributed by atoms with E-state index in [1.807, 2.05) is 4.90 Å². The smallest absolute Gasteiger partial charge is 0.264 e. The second-order valence-electron chi connectivity index (χ2n) is 5.80. The van der Waals surface area contributed by atoms with Crippen molar-refractivity contribution in [1.82, 2.24) is 9.80 Å². The van der Waals surface area contributed by atoms with Gasteiger partial charge in [-0.05, 0) is 36.3 Å². The van der Waals surface area contributed by atoms with E-state index < -0.39 is 0 Å². The summed E-state index contributed by atoms with van der Waals surface area (Å²) in [6.07, 6.45) is 5.63. The zero-order valence-electron chi connectivity index (χ0n) is 12.5. The van der Waals surface area contributed by atoms with Crippen LogP contribution in [0.15, 0.2) is 22.5 Å². The topological polar surface area (TPSA) is 35.9 Å². The van der Waals surface area contributed by atoms with Crippen LogP contribution in [0.25, 0.3) is 0 Å². The number of hydrogen-bond donors (Lipinski definition) is 0. The Labute approximate surface area is 138 Å². The van der Waals surface area contributed by atoms with Crippen molar-refractivity contribution in [2.45, 2.75) is 19.3 Å². The summed E-state index contributed by atoms with van der Waals surface area (Å²) in [6.45, 7) is 4.14. The number of carbonyl (C=O) groups excluding carboxylic acids is 1. The van der Waals surface area contributed by atoms with Gasteiger partial charge in [0, 0.05) is 31.1 Å². The number of fused-ring (bicyclic) bond motifs is 1. The molecule has 0 radical (unpaired) electrons. The number of hydrogen-bond acceptors (Lipinski definition) is 5. The highest BCUT2D eigenvalue weighted by atomic mass is 32.2. The Kier molecular flexibility index (Phi) is 3.96. The summed E-state index contributed by atoms with van der Waals surface area (Å²) < 4.78 is 0. The van der Waals surface area contributed by atoms with E-state index in [0.29, 0.717) is 0 Å². The van der Waals surface area contributed by atoms with E-state index in [1.54, 1.807) is 23.1 Å². The van der Waals surface area contributed by atoms with Gasteiger partial charge in [0.2, 0.25) is 0 Å². The van der Waals surface area contributed by atoms with E-state index in [4.69, 9.17) is 0 Å². The fourth-order valence-corrected chi connectivity index (χ4v) is 5.19. The first kappa shape index (κ1) is 14.3. The number of amidine groups is 1. The zero-order chi connectivity index (χ0) is 14.9. The van der Waals surface area contributed by atoms with E-state index in [2.05, 4.69) is 27.4 Å². The lowest BCUT2D eigenvalue weighted by Gasteiger charge is -2.36. The van der Waals surface area contributed by atoms with Crippen molar-refractivity contribution >= 4 is 34.2 Å². The van der Waals surface area contributed by atoms with Crippen LogP contribution in [-0.2, 0) is 12.8 Å². The van der Waals surface area contributed by atoms with Gasteiger partial charge in [-0.25, -0.2) is 0 Å². The third-order valence-corrected chi connectivity index (χ3v) is 6.55.